The Balaban J connectivity index is 1.79. The third-order valence-corrected chi connectivity index (χ3v) is 3.61. The number of ether oxygens (including phenoxy) is 1. The lowest BCUT2D eigenvalue weighted by molar-refractivity contribution is 0.0319. The summed E-state index contributed by atoms with van der Waals surface area (Å²) in [5, 5.41) is 10.1. The van der Waals surface area contributed by atoms with E-state index in [0.717, 1.165) is 32.3 Å². The molecule has 2 rings (SSSR count). The normalized spacial score (nSPS) is 35.3. The highest BCUT2D eigenvalue weighted by Crippen LogP contribution is 2.30. The zero-order valence-electron chi connectivity index (χ0n) is 8.86. The third kappa shape index (κ3) is 2.18. The van der Waals surface area contributed by atoms with E-state index >= 15 is 0 Å². The Morgan fingerprint density at radius 1 is 1.43 bits per heavy atom. The van der Waals surface area contributed by atoms with E-state index in [1.807, 2.05) is 0 Å². The summed E-state index contributed by atoms with van der Waals surface area (Å²) in [4.78, 5) is 0. The predicted molar refractivity (Wildman–Crippen MR) is 56.0 cm³/mol. The van der Waals surface area contributed by atoms with E-state index in [-0.39, 0.29) is 12.2 Å². The minimum atomic E-state index is -0.155. The Labute approximate surface area is 86.0 Å². The van der Waals surface area contributed by atoms with Crippen molar-refractivity contribution in [2.75, 3.05) is 6.61 Å². The van der Waals surface area contributed by atoms with Crippen molar-refractivity contribution in [2.45, 2.75) is 44.8 Å². The average Bonchev–Trinajstić information content (AvgIpc) is 2.75. The van der Waals surface area contributed by atoms with Crippen molar-refractivity contribution in [3.63, 3.8) is 0 Å². The Morgan fingerprint density at radius 3 is 2.71 bits per heavy atom. The molecule has 80 valence electrons. The smallest absolute Gasteiger partial charge is 0.0600 e. The Hall–Kier alpha value is -0.340. The van der Waals surface area contributed by atoms with Gasteiger partial charge >= 0.3 is 0 Å². The molecule has 0 saturated carbocycles. The van der Waals surface area contributed by atoms with Gasteiger partial charge in [0.2, 0.25) is 0 Å². The van der Waals surface area contributed by atoms with Crippen LogP contribution in [0.25, 0.3) is 0 Å². The predicted octanol–water partition coefficient (Wildman–Crippen LogP) is 2.13. The maximum absolute atomic E-state index is 10.1. The van der Waals surface area contributed by atoms with Crippen molar-refractivity contribution in [2.24, 2.45) is 11.8 Å². The van der Waals surface area contributed by atoms with Crippen molar-refractivity contribution in [3.8, 4) is 0 Å². The minimum Gasteiger partial charge on any atom is -0.393 e. The second kappa shape index (κ2) is 4.45. The van der Waals surface area contributed by atoms with Gasteiger partial charge in [0.1, 0.15) is 0 Å². The lowest BCUT2D eigenvalue weighted by Crippen LogP contribution is -2.28. The Morgan fingerprint density at radius 2 is 2.14 bits per heavy atom. The van der Waals surface area contributed by atoms with E-state index in [9.17, 15) is 5.11 Å². The van der Waals surface area contributed by atoms with Crippen molar-refractivity contribution in [3.05, 3.63) is 12.2 Å². The second-order valence-electron chi connectivity index (χ2n) is 4.64. The van der Waals surface area contributed by atoms with E-state index in [4.69, 9.17) is 4.74 Å². The summed E-state index contributed by atoms with van der Waals surface area (Å²) in [5.74, 6) is 1.05. The summed E-state index contributed by atoms with van der Waals surface area (Å²) in [6.45, 7) is 2.90. The van der Waals surface area contributed by atoms with Crippen LogP contribution in [-0.2, 0) is 4.74 Å². The molecular weight excluding hydrogens is 176 g/mol. The average molecular weight is 196 g/mol. The molecule has 1 aliphatic heterocycles. The molecule has 3 atom stereocenters. The standard InChI is InChI=1S/C12H20O2/c1-9-11(6-7-14-9)12(13)8-10-4-2-3-5-10/h2-3,9-13H,4-8H2,1H3. The van der Waals surface area contributed by atoms with Crippen molar-refractivity contribution in [1.82, 2.24) is 0 Å². The maximum atomic E-state index is 10.1. The van der Waals surface area contributed by atoms with Gasteiger partial charge in [0.05, 0.1) is 12.2 Å². The summed E-state index contributed by atoms with van der Waals surface area (Å²) in [5.41, 5.74) is 0. The van der Waals surface area contributed by atoms with Gasteiger partial charge in [0.25, 0.3) is 0 Å². The summed E-state index contributed by atoms with van der Waals surface area (Å²) >= 11 is 0. The molecule has 0 bridgehead atoms. The van der Waals surface area contributed by atoms with Gasteiger partial charge in [-0.25, -0.2) is 0 Å². The van der Waals surface area contributed by atoms with Gasteiger partial charge in [0.15, 0.2) is 0 Å². The van der Waals surface area contributed by atoms with Crippen LogP contribution in [0.3, 0.4) is 0 Å². The van der Waals surface area contributed by atoms with E-state index in [1.54, 1.807) is 0 Å². The molecule has 1 N–H and O–H groups in total. The molecule has 1 aliphatic carbocycles. The number of aliphatic hydroxyl groups is 1. The van der Waals surface area contributed by atoms with Crippen LogP contribution in [-0.4, -0.2) is 23.9 Å². The summed E-state index contributed by atoms with van der Waals surface area (Å²) in [6.07, 6.45) is 8.83. The fourth-order valence-electron chi connectivity index (χ4n) is 2.64. The Kier molecular flexibility index (Phi) is 3.24. The highest BCUT2D eigenvalue weighted by molar-refractivity contribution is 4.95. The minimum absolute atomic E-state index is 0.155. The highest BCUT2D eigenvalue weighted by atomic mass is 16.5. The van der Waals surface area contributed by atoms with Crippen LogP contribution in [0, 0.1) is 11.8 Å². The van der Waals surface area contributed by atoms with Crippen molar-refractivity contribution >= 4 is 0 Å². The van der Waals surface area contributed by atoms with Crippen LogP contribution in [0.15, 0.2) is 12.2 Å². The number of hydrogen-bond donors (Lipinski definition) is 1. The number of allylic oxidation sites excluding steroid dienone is 2. The number of hydrogen-bond acceptors (Lipinski definition) is 2. The quantitative estimate of drug-likeness (QED) is 0.701. The fourth-order valence-corrected chi connectivity index (χ4v) is 2.64. The largest absolute Gasteiger partial charge is 0.393 e. The SMILES string of the molecule is CC1OCCC1C(O)CC1CC=CC1. The maximum Gasteiger partial charge on any atom is 0.0600 e. The number of aliphatic hydroxyl groups excluding tert-OH is 1. The highest BCUT2D eigenvalue weighted by Gasteiger charge is 2.31. The zero-order chi connectivity index (χ0) is 9.97. The molecule has 1 saturated heterocycles. The molecule has 1 fully saturated rings. The zero-order valence-corrected chi connectivity index (χ0v) is 8.86. The molecule has 2 aliphatic rings. The first-order chi connectivity index (χ1) is 6.77. The molecule has 0 radical (unpaired) electrons. The first kappa shape index (κ1) is 10.2. The molecule has 0 amide bonds. The molecule has 0 aromatic rings. The molecule has 0 aromatic carbocycles. The second-order valence-corrected chi connectivity index (χ2v) is 4.64. The molecule has 14 heavy (non-hydrogen) atoms. The molecular formula is C12H20O2. The van der Waals surface area contributed by atoms with Gasteiger partial charge in [-0.15, -0.1) is 0 Å². The van der Waals surface area contributed by atoms with Crippen molar-refractivity contribution < 1.29 is 9.84 Å². The van der Waals surface area contributed by atoms with Gasteiger partial charge in [0, 0.05) is 12.5 Å². The first-order valence-electron chi connectivity index (χ1n) is 5.72. The molecule has 2 nitrogen and oxygen atoms in total. The van der Waals surface area contributed by atoms with Crippen molar-refractivity contribution in [1.29, 1.82) is 0 Å². The van der Waals surface area contributed by atoms with Gasteiger partial charge in [-0.2, -0.15) is 0 Å². The van der Waals surface area contributed by atoms with Crippen LogP contribution in [0.5, 0.6) is 0 Å². The van der Waals surface area contributed by atoms with Gasteiger partial charge in [-0.05, 0) is 38.5 Å². The van der Waals surface area contributed by atoms with Gasteiger partial charge in [-0.3, -0.25) is 0 Å². The molecule has 2 heteroatoms. The fraction of sp³-hybridized carbons (Fsp3) is 0.833. The topological polar surface area (TPSA) is 29.5 Å². The molecule has 0 aromatic heterocycles. The third-order valence-electron chi connectivity index (χ3n) is 3.61. The van der Waals surface area contributed by atoms with Gasteiger partial charge in [-0.1, -0.05) is 12.2 Å². The molecule has 0 spiro atoms. The van der Waals surface area contributed by atoms with Crippen LogP contribution < -0.4 is 0 Å². The first-order valence-corrected chi connectivity index (χ1v) is 5.72. The van der Waals surface area contributed by atoms with E-state index in [2.05, 4.69) is 19.1 Å². The summed E-state index contributed by atoms with van der Waals surface area (Å²) in [6, 6.07) is 0. The van der Waals surface area contributed by atoms with Gasteiger partial charge < -0.3 is 9.84 Å². The van der Waals surface area contributed by atoms with Crippen LogP contribution >= 0.6 is 0 Å². The lowest BCUT2D eigenvalue weighted by atomic mass is 9.88. The van der Waals surface area contributed by atoms with E-state index in [0.29, 0.717) is 11.8 Å². The van der Waals surface area contributed by atoms with Crippen LogP contribution in [0.4, 0.5) is 0 Å². The summed E-state index contributed by atoms with van der Waals surface area (Å²) < 4.78 is 5.48. The lowest BCUT2D eigenvalue weighted by Gasteiger charge is -2.23. The monoisotopic (exact) mass is 196 g/mol. The van der Waals surface area contributed by atoms with Crippen LogP contribution in [0.2, 0.25) is 0 Å². The molecule has 1 heterocycles. The Bertz CT molecular complexity index is 204. The van der Waals surface area contributed by atoms with E-state index < -0.39 is 0 Å². The van der Waals surface area contributed by atoms with E-state index in [1.165, 1.54) is 0 Å². The number of rotatable bonds is 3. The molecule has 3 unspecified atom stereocenters. The summed E-state index contributed by atoms with van der Waals surface area (Å²) in [7, 11) is 0. The van der Waals surface area contributed by atoms with Crippen LogP contribution in [0.1, 0.15) is 32.6 Å².